The zero-order chi connectivity index (χ0) is 31.5. The van der Waals surface area contributed by atoms with E-state index in [2.05, 4.69) is 16.0 Å². The number of carboxylic acid groups (broad SMARTS) is 1. The number of carbonyl (C=O) groups excluding carboxylic acids is 3. The van der Waals surface area contributed by atoms with Crippen molar-refractivity contribution in [2.45, 2.75) is 4.90 Å². The first-order valence-corrected chi connectivity index (χ1v) is 14.2. The van der Waals surface area contributed by atoms with E-state index in [1.165, 1.54) is 56.3 Å². The molecule has 4 rings (SSSR count). The molecule has 3 amide bonds. The van der Waals surface area contributed by atoms with Gasteiger partial charge in [0.1, 0.15) is 17.2 Å². The second-order valence-corrected chi connectivity index (χ2v) is 10.2. The predicted molar refractivity (Wildman–Crippen MR) is 169 cm³/mol. The van der Waals surface area contributed by atoms with Crippen LogP contribution in [0.25, 0.3) is 6.08 Å². The maximum Gasteiger partial charge on any atom is 0.335 e. The van der Waals surface area contributed by atoms with E-state index < -0.39 is 17.8 Å². The van der Waals surface area contributed by atoms with Crippen molar-refractivity contribution >= 4 is 52.9 Å². The molecule has 4 N–H and O–H groups in total. The Bertz CT molecular complexity index is 1690. The first-order valence-electron chi connectivity index (χ1n) is 13.2. The van der Waals surface area contributed by atoms with Crippen molar-refractivity contribution in [3.05, 3.63) is 119 Å². The molecule has 44 heavy (non-hydrogen) atoms. The number of anilines is 2. The molecule has 0 bridgehead atoms. The number of rotatable bonds is 12. The van der Waals surface area contributed by atoms with E-state index in [1.54, 1.807) is 72.8 Å². The number of methoxy groups -OCH3 is 2. The van der Waals surface area contributed by atoms with E-state index in [0.717, 1.165) is 4.90 Å². The molecule has 224 valence electrons. The lowest BCUT2D eigenvalue weighted by Gasteiger charge is -2.13. The Hall–Kier alpha value is -5.55. The highest BCUT2D eigenvalue weighted by molar-refractivity contribution is 8.00. The number of amides is 3. The van der Waals surface area contributed by atoms with Gasteiger partial charge in [-0.3, -0.25) is 14.4 Å². The molecule has 0 aromatic heterocycles. The molecule has 10 nitrogen and oxygen atoms in total. The SMILES string of the molecule is COc1ccc(/C=C(/NC(=O)c2ccccc2)C(=O)Nc2cccc(SCC(=O)Nc3ccc(C(=O)O)cc3)c2)c(OC)c1. The second kappa shape index (κ2) is 15.1. The van der Waals surface area contributed by atoms with Crippen LogP contribution >= 0.6 is 11.8 Å². The lowest BCUT2D eigenvalue weighted by Crippen LogP contribution is -2.30. The van der Waals surface area contributed by atoms with Crippen LogP contribution in [0.2, 0.25) is 0 Å². The van der Waals surface area contributed by atoms with E-state index in [1.807, 2.05) is 0 Å². The monoisotopic (exact) mass is 611 g/mol. The van der Waals surface area contributed by atoms with Gasteiger partial charge >= 0.3 is 5.97 Å². The van der Waals surface area contributed by atoms with Crippen LogP contribution in [0.1, 0.15) is 26.3 Å². The largest absolute Gasteiger partial charge is 0.497 e. The van der Waals surface area contributed by atoms with E-state index in [-0.39, 0.29) is 22.9 Å². The highest BCUT2D eigenvalue weighted by Gasteiger charge is 2.17. The highest BCUT2D eigenvalue weighted by Crippen LogP contribution is 2.27. The number of hydrogen-bond donors (Lipinski definition) is 4. The molecule has 0 saturated heterocycles. The maximum atomic E-state index is 13.5. The number of ether oxygens (including phenoxy) is 2. The van der Waals surface area contributed by atoms with Gasteiger partial charge < -0.3 is 30.5 Å². The number of carbonyl (C=O) groups is 4. The Morgan fingerprint density at radius 2 is 1.52 bits per heavy atom. The van der Waals surface area contributed by atoms with Crippen molar-refractivity contribution in [2.75, 3.05) is 30.6 Å². The molecule has 0 aliphatic rings. The quantitative estimate of drug-likeness (QED) is 0.121. The Kier molecular flexibility index (Phi) is 10.8. The first-order chi connectivity index (χ1) is 21.2. The third-order valence-corrected chi connectivity index (χ3v) is 7.14. The van der Waals surface area contributed by atoms with Crippen LogP contribution in [0.5, 0.6) is 11.5 Å². The lowest BCUT2D eigenvalue weighted by molar-refractivity contribution is -0.114. The van der Waals surface area contributed by atoms with Gasteiger partial charge in [0, 0.05) is 33.5 Å². The molecule has 0 fully saturated rings. The van der Waals surface area contributed by atoms with Crippen molar-refractivity contribution in [3.63, 3.8) is 0 Å². The molecule has 0 heterocycles. The molecule has 0 spiro atoms. The van der Waals surface area contributed by atoms with Gasteiger partial charge in [0.05, 0.1) is 25.5 Å². The molecule has 4 aromatic rings. The smallest absolute Gasteiger partial charge is 0.335 e. The van der Waals surface area contributed by atoms with Gasteiger partial charge in [0.15, 0.2) is 0 Å². The Morgan fingerprint density at radius 3 is 2.20 bits per heavy atom. The van der Waals surface area contributed by atoms with Crippen LogP contribution in [-0.4, -0.2) is 48.8 Å². The topological polar surface area (TPSA) is 143 Å². The van der Waals surface area contributed by atoms with Crippen LogP contribution in [0.15, 0.2) is 108 Å². The van der Waals surface area contributed by atoms with Gasteiger partial charge in [-0.15, -0.1) is 11.8 Å². The van der Waals surface area contributed by atoms with Gasteiger partial charge in [-0.2, -0.15) is 0 Å². The minimum Gasteiger partial charge on any atom is -0.497 e. The summed E-state index contributed by atoms with van der Waals surface area (Å²) >= 11 is 1.25. The second-order valence-electron chi connectivity index (χ2n) is 9.19. The van der Waals surface area contributed by atoms with Crippen molar-refractivity contribution in [1.29, 1.82) is 0 Å². The molecule has 4 aromatic carbocycles. The maximum absolute atomic E-state index is 13.5. The molecular weight excluding hydrogens is 582 g/mol. The summed E-state index contributed by atoms with van der Waals surface area (Å²) in [5.41, 5.74) is 1.95. The van der Waals surface area contributed by atoms with E-state index >= 15 is 0 Å². The summed E-state index contributed by atoms with van der Waals surface area (Å²) in [4.78, 5) is 50.7. The zero-order valence-electron chi connectivity index (χ0n) is 23.8. The number of thioether (sulfide) groups is 1. The highest BCUT2D eigenvalue weighted by atomic mass is 32.2. The molecule has 0 aliphatic heterocycles. The minimum atomic E-state index is -1.05. The fraction of sp³-hybridized carbons (Fsp3) is 0.0909. The summed E-state index contributed by atoms with van der Waals surface area (Å²) in [6.07, 6.45) is 1.51. The summed E-state index contributed by atoms with van der Waals surface area (Å²) in [5.74, 6) is -1.28. The fourth-order valence-electron chi connectivity index (χ4n) is 3.94. The normalized spacial score (nSPS) is 10.8. The van der Waals surface area contributed by atoms with Crippen molar-refractivity contribution in [2.24, 2.45) is 0 Å². The first kappa shape index (κ1) is 31.4. The van der Waals surface area contributed by atoms with Crippen LogP contribution in [-0.2, 0) is 9.59 Å². The summed E-state index contributed by atoms with van der Waals surface area (Å²) < 4.78 is 10.7. The average Bonchev–Trinajstić information content (AvgIpc) is 3.04. The minimum absolute atomic E-state index is 0.0197. The van der Waals surface area contributed by atoms with Crippen LogP contribution < -0.4 is 25.4 Å². The number of nitrogens with one attached hydrogen (secondary N) is 3. The van der Waals surface area contributed by atoms with Crippen LogP contribution in [0, 0.1) is 0 Å². The molecule has 11 heteroatoms. The molecule has 0 atom stereocenters. The predicted octanol–water partition coefficient (Wildman–Crippen LogP) is 5.54. The number of hydrogen-bond acceptors (Lipinski definition) is 7. The van der Waals surface area contributed by atoms with Gasteiger partial charge in [0.25, 0.3) is 11.8 Å². The third-order valence-electron chi connectivity index (χ3n) is 6.15. The summed E-state index contributed by atoms with van der Waals surface area (Å²) in [5, 5.41) is 17.3. The van der Waals surface area contributed by atoms with E-state index in [4.69, 9.17) is 14.6 Å². The van der Waals surface area contributed by atoms with E-state index in [9.17, 15) is 19.2 Å². The van der Waals surface area contributed by atoms with E-state index in [0.29, 0.717) is 34.0 Å². The number of benzene rings is 4. The van der Waals surface area contributed by atoms with Crippen molar-refractivity contribution in [1.82, 2.24) is 5.32 Å². The molecule has 0 saturated carbocycles. The molecule has 0 radical (unpaired) electrons. The van der Waals surface area contributed by atoms with Gasteiger partial charge in [-0.25, -0.2) is 4.79 Å². The average molecular weight is 612 g/mol. The summed E-state index contributed by atoms with van der Waals surface area (Å²) in [6, 6.07) is 26.4. The zero-order valence-corrected chi connectivity index (χ0v) is 24.6. The van der Waals surface area contributed by atoms with Crippen molar-refractivity contribution < 1.29 is 33.8 Å². The lowest BCUT2D eigenvalue weighted by atomic mass is 10.1. The van der Waals surface area contributed by atoms with Gasteiger partial charge in [-0.1, -0.05) is 24.3 Å². The summed E-state index contributed by atoms with van der Waals surface area (Å²) in [7, 11) is 3.02. The molecule has 0 aliphatic carbocycles. The fourth-order valence-corrected chi connectivity index (χ4v) is 4.69. The standard InChI is InChI=1S/C33H29N3O7S/c1-42-26-16-13-23(29(19-26)43-2)17-28(36-31(38)21-7-4-3-5-8-21)32(39)35-25-9-6-10-27(18-25)44-20-30(37)34-24-14-11-22(12-15-24)33(40)41/h3-19H,20H2,1-2H3,(H,34,37)(H,35,39)(H,36,38)(H,40,41)/b28-17+. The van der Waals surface area contributed by atoms with Crippen LogP contribution in [0.3, 0.4) is 0 Å². The number of carboxylic acids is 1. The Balaban J connectivity index is 1.48. The number of aromatic carboxylic acids is 1. The van der Waals surface area contributed by atoms with Crippen molar-refractivity contribution in [3.8, 4) is 11.5 Å². The van der Waals surface area contributed by atoms with Crippen LogP contribution in [0.4, 0.5) is 11.4 Å². The summed E-state index contributed by atoms with van der Waals surface area (Å²) in [6.45, 7) is 0. The third kappa shape index (κ3) is 8.73. The molecular formula is C33H29N3O7S. The van der Waals surface area contributed by atoms with Gasteiger partial charge in [-0.05, 0) is 72.8 Å². The van der Waals surface area contributed by atoms with Gasteiger partial charge in [0.2, 0.25) is 5.91 Å². The Labute approximate surface area is 258 Å². The molecule has 0 unspecified atom stereocenters. The Morgan fingerprint density at radius 1 is 0.773 bits per heavy atom.